The third-order valence-corrected chi connectivity index (χ3v) is 22.9. The lowest BCUT2D eigenvalue weighted by atomic mass is 9.39. The highest BCUT2D eigenvalue weighted by molar-refractivity contribution is 7.22. The van der Waals surface area contributed by atoms with Gasteiger partial charge in [0.25, 0.3) is 0 Å². The average Bonchev–Trinajstić information content (AvgIpc) is 0.926. The molecule has 0 radical (unpaired) electrons. The number of rotatable bonds is 20. The summed E-state index contributed by atoms with van der Waals surface area (Å²) in [7, 11) is 0. The molecule has 0 spiro atoms. The van der Waals surface area contributed by atoms with Crippen LogP contribution in [0.1, 0.15) is 150 Å². The fraction of sp³-hybridized carbons (Fsp3) is 0.535. The summed E-state index contributed by atoms with van der Waals surface area (Å²) >= 11 is 3.13. The molecule has 2 aromatic carbocycles. The number of anilines is 4. The lowest BCUT2D eigenvalue weighted by Gasteiger charge is -2.69. The number of aromatic carboxylic acids is 1. The lowest BCUT2D eigenvalue weighted by Crippen LogP contribution is -2.64. The van der Waals surface area contributed by atoms with Gasteiger partial charge < -0.3 is 45.6 Å². The number of hydrogen-bond acceptors (Lipinski definition) is 18. The van der Waals surface area contributed by atoms with Crippen molar-refractivity contribution in [2.75, 3.05) is 62.6 Å². The van der Waals surface area contributed by atoms with E-state index in [2.05, 4.69) is 49.5 Å². The van der Waals surface area contributed by atoms with Gasteiger partial charge in [-0.3, -0.25) is 28.8 Å². The Morgan fingerprint density at radius 2 is 1.59 bits per heavy atom. The fourth-order valence-electron chi connectivity index (χ4n) is 17.5. The number of pyridine rings is 1. The van der Waals surface area contributed by atoms with Crippen molar-refractivity contribution in [1.82, 2.24) is 60.3 Å². The van der Waals surface area contributed by atoms with Crippen molar-refractivity contribution >= 4 is 85.1 Å². The molecule has 4 amide bonds. The molecular weight excluding hydrogens is 1240 g/mol. The minimum atomic E-state index is -1.12. The number of aliphatic hydroxyl groups is 1. The van der Waals surface area contributed by atoms with Crippen molar-refractivity contribution < 1.29 is 38.9 Å². The van der Waals surface area contributed by atoms with E-state index in [1.807, 2.05) is 124 Å². The van der Waals surface area contributed by atoms with Crippen LogP contribution in [0.5, 0.6) is 0 Å². The van der Waals surface area contributed by atoms with Crippen LogP contribution in [0.25, 0.3) is 31.8 Å². The van der Waals surface area contributed by atoms with Crippen molar-refractivity contribution in [2.45, 2.75) is 169 Å². The van der Waals surface area contributed by atoms with Gasteiger partial charge in [0.15, 0.2) is 22.5 Å². The maximum absolute atomic E-state index is 14.4. The number of aryl methyl sites for hydroxylation is 1. The highest BCUT2D eigenvalue weighted by Gasteiger charge is 2.66. The number of ether oxygens (including phenoxy) is 1. The molecule has 4 bridgehead atoms. The van der Waals surface area contributed by atoms with E-state index in [1.165, 1.54) is 4.90 Å². The molecule has 3 aliphatic heterocycles. The van der Waals surface area contributed by atoms with Gasteiger partial charge in [0, 0.05) is 99.6 Å². The Balaban J connectivity index is 0.593. The molecule has 7 aliphatic rings. The van der Waals surface area contributed by atoms with Crippen LogP contribution in [0, 0.1) is 42.4 Å². The average molecular weight is 1330 g/mol. The number of piperazine rings is 1. The van der Waals surface area contributed by atoms with Gasteiger partial charge in [-0.25, -0.2) is 19.7 Å². The van der Waals surface area contributed by atoms with Crippen LogP contribution in [0.15, 0.2) is 72.4 Å². The number of benzene rings is 2. The smallest absolute Gasteiger partial charge is 0.355 e. The van der Waals surface area contributed by atoms with E-state index in [0.717, 1.165) is 117 Å². The number of thiazole rings is 2. The molecule has 5 N–H and O–H groups in total. The van der Waals surface area contributed by atoms with Crippen molar-refractivity contribution in [2.24, 2.45) is 21.7 Å². The minimum Gasteiger partial charge on any atom is -0.476 e. The van der Waals surface area contributed by atoms with Crippen LogP contribution in [0.4, 0.5) is 22.6 Å². The molecule has 22 nitrogen and oxygen atoms in total. The second kappa shape index (κ2) is 25.7. The maximum Gasteiger partial charge on any atom is 0.355 e. The van der Waals surface area contributed by atoms with Crippen LogP contribution in [-0.4, -0.2) is 166 Å². The number of carbonyl (C=O) groups is 5. The number of hydrogen-bond donors (Lipinski definition) is 5. The predicted octanol–water partition coefficient (Wildman–Crippen LogP) is 10.3. The number of carboxylic acids is 1. The van der Waals surface area contributed by atoms with Crippen LogP contribution in [0.3, 0.4) is 0 Å². The SMILES string of the molecule is Cc1ncsc1-c1ccc([C@H](C)NC(=O)[C@@H]2C[C@@H](O)CN2C(=O)[C@@H](NC(=O)CCC(=O)N2CCN(CCO[C@]34C[C@@]5(C)C[C@](C)(C[C@](Cn6ncc(-c7ccc(N8CCCc9c8nnc(Nc8nc%10ccccc%10s8)c9C)nc7C(=O)O)c6C)(C5)C3)C4)CC2)C(C)(C)C)cc1. The summed E-state index contributed by atoms with van der Waals surface area (Å²) in [5.41, 5.74) is 8.81. The van der Waals surface area contributed by atoms with Gasteiger partial charge in [-0.15, -0.1) is 21.5 Å². The summed E-state index contributed by atoms with van der Waals surface area (Å²) in [6, 6.07) is 17.4. The number of para-hydroxylation sites is 1. The van der Waals surface area contributed by atoms with Gasteiger partial charge in [-0.1, -0.05) is 82.4 Å². The Labute approximate surface area is 562 Å². The van der Waals surface area contributed by atoms with Gasteiger partial charge in [0.05, 0.1) is 56.8 Å². The van der Waals surface area contributed by atoms with E-state index >= 15 is 0 Å². The number of β-amino-alcohol motifs (C(OH)–C–C–N with tert-alkyl or cyclic N) is 1. The summed E-state index contributed by atoms with van der Waals surface area (Å²) in [5.74, 6) is -0.694. The summed E-state index contributed by atoms with van der Waals surface area (Å²) in [4.78, 5) is 91.3. The third-order valence-electron chi connectivity index (χ3n) is 21.0. The minimum absolute atomic E-state index is 0.0102. The molecule has 14 rings (SSSR count). The molecule has 6 fully saturated rings. The molecule has 24 heteroatoms. The van der Waals surface area contributed by atoms with Gasteiger partial charge >= 0.3 is 5.97 Å². The molecule has 502 valence electrons. The quantitative estimate of drug-likeness (QED) is 0.0475. The first-order chi connectivity index (χ1) is 45.3. The summed E-state index contributed by atoms with van der Waals surface area (Å²) in [6.45, 7) is 23.3. The first kappa shape index (κ1) is 65.9. The van der Waals surface area contributed by atoms with E-state index < -0.39 is 41.4 Å². The Bertz CT molecular complexity index is 4040. The topological polar surface area (TPSA) is 266 Å². The van der Waals surface area contributed by atoms with E-state index in [4.69, 9.17) is 24.9 Å². The Hall–Kier alpha value is -7.77. The number of likely N-dealkylation sites (tertiary alicyclic amines) is 1. The second-order valence-electron chi connectivity index (χ2n) is 29.8. The van der Waals surface area contributed by atoms with Gasteiger partial charge in [0.1, 0.15) is 17.9 Å². The van der Waals surface area contributed by atoms with Crippen molar-refractivity contribution in [3.63, 3.8) is 0 Å². The van der Waals surface area contributed by atoms with Crippen LogP contribution in [-0.2, 0) is 36.9 Å². The Morgan fingerprint density at radius 3 is 2.29 bits per heavy atom. The zero-order chi connectivity index (χ0) is 66.9. The molecule has 8 atom stereocenters. The van der Waals surface area contributed by atoms with Crippen molar-refractivity contribution in [3.05, 3.63) is 106 Å². The molecule has 4 aliphatic carbocycles. The zero-order valence-electron chi connectivity index (χ0n) is 56.0. The van der Waals surface area contributed by atoms with Crippen molar-refractivity contribution in [3.8, 4) is 21.6 Å². The number of aromatic nitrogens is 7. The third kappa shape index (κ3) is 13.5. The molecule has 4 saturated carbocycles. The van der Waals surface area contributed by atoms with E-state index in [-0.39, 0.29) is 71.2 Å². The molecule has 7 aromatic rings. The Kier molecular flexibility index (Phi) is 17.8. The van der Waals surface area contributed by atoms with Gasteiger partial charge in [-0.2, -0.15) is 5.10 Å². The summed E-state index contributed by atoms with van der Waals surface area (Å²) < 4.78 is 10.4. The molecule has 95 heavy (non-hydrogen) atoms. The highest BCUT2D eigenvalue weighted by atomic mass is 32.1. The normalized spacial score (nSPS) is 24.8. The molecule has 8 heterocycles. The molecule has 5 aromatic heterocycles. The number of nitrogens with one attached hydrogen (secondary N) is 3. The molecule has 0 unspecified atom stereocenters. The number of aliphatic hydroxyl groups excluding tert-OH is 1. The number of carbonyl (C=O) groups excluding carboxylic acids is 4. The summed E-state index contributed by atoms with van der Waals surface area (Å²) in [5, 5.41) is 46.0. The number of amides is 4. The van der Waals surface area contributed by atoms with E-state index in [0.29, 0.717) is 68.9 Å². The monoisotopic (exact) mass is 1330 g/mol. The standard InChI is InChI=1S/C71H88N14O8S2/c1-42-49-13-12-24-83(62(49)80-79-61(42)78-66-75-52-14-10-11-15-54(52)95-66)55-21-20-50(58(76-55)65(91)92)51-32-73-85(45(51)4)40-70-35-68(8)34-69(9,36-70)38-71(37-68,39-70)93-30-29-81-25-27-82(28-26-81)57(88)23-22-56(87)77-60(67(5,6)7)64(90)84-33-48(86)31-53(84)63(89)74-43(2)46-16-18-47(19-17-46)59-44(3)72-41-94-59/h10-11,14-21,32,41,43,48,53,60,86H,12-13,22-31,33-40H2,1-9H3,(H,74,89)(H,77,87)(H,91,92)(H,75,78,79)/t43-,48+,53-,60+,68-,69+,70+,71-/m0/s1. The van der Waals surface area contributed by atoms with Crippen molar-refractivity contribution in [1.29, 1.82) is 0 Å². The number of carboxylic acid groups (broad SMARTS) is 1. The second-order valence-corrected chi connectivity index (χ2v) is 31.7. The number of fused-ring (bicyclic) bond motifs is 2. The van der Waals surface area contributed by atoms with E-state index in [9.17, 15) is 34.2 Å². The zero-order valence-corrected chi connectivity index (χ0v) is 57.6. The lowest BCUT2D eigenvalue weighted by molar-refractivity contribution is -0.249. The van der Waals surface area contributed by atoms with Crippen LogP contribution >= 0.6 is 22.7 Å². The first-order valence-corrected chi connectivity index (χ1v) is 35.2. The largest absolute Gasteiger partial charge is 0.476 e. The fourth-order valence-corrected chi connectivity index (χ4v) is 19.2. The highest BCUT2D eigenvalue weighted by Crippen LogP contribution is 2.72. The van der Waals surface area contributed by atoms with Crippen LogP contribution in [0.2, 0.25) is 0 Å². The maximum atomic E-state index is 14.4. The Morgan fingerprint density at radius 1 is 0.842 bits per heavy atom. The molecule has 2 saturated heterocycles. The van der Waals surface area contributed by atoms with Crippen LogP contribution < -0.4 is 20.9 Å². The predicted molar refractivity (Wildman–Crippen MR) is 366 cm³/mol. The van der Waals surface area contributed by atoms with Gasteiger partial charge in [-0.05, 0) is 136 Å². The van der Waals surface area contributed by atoms with Gasteiger partial charge in [0.2, 0.25) is 23.6 Å². The molecular formula is C71H88N14O8S2. The first-order valence-electron chi connectivity index (χ1n) is 33.5. The van der Waals surface area contributed by atoms with E-state index in [1.54, 1.807) is 28.9 Å². The summed E-state index contributed by atoms with van der Waals surface area (Å²) in [6.07, 6.45) is 8.68. The number of nitrogens with zero attached hydrogens (tertiary/aromatic N) is 11.